The third kappa shape index (κ3) is 16.9. The van der Waals surface area contributed by atoms with Gasteiger partial charge in [-0.1, -0.05) is 239 Å². The van der Waals surface area contributed by atoms with E-state index >= 15 is 0 Å². The van der Waals surface area contributed by atoms with E-state index in [1.54, 1.807) is 158 Å². The van der Waals surface area contributed by atoms with Gasteiger partial charge in [-0.3, -0.25) is 14.1 Å². The molecule has 0 radical (unpaired) electrons. The second kappa shape index (κ2) is 38.6. The number of phenolic OH excluding ortho intramolecular Hbond substituents is 3. The molecule has 17 nitrogen and oxygen atoms in total. The molecule has 3 aliphatic rings. The van der Waals surface area contributed by atoms with E-state index in [9.17, 15) is 19.4 Å². The van der Waals surface area contributed by atoms with Gasteiger partial charge < -0.3 is 58.1 Å². The van der Waals surface area contributed by atoms with Crippen LogP contribution in [0.1, 0.15) is 188 Å². The van der Waals surface area contributed by atoms with Crippen LogP contribution in [0.15, 0.2) is 325 Å². The van der Waals surface area contributed by atoms with Crippen molar-refractivity contribution in [1.29, 1.82) is 0 Å². The average Bonchev–Trinajstić information content (AvgIpc) is 1.67. The summed E-state index contributed by atoms with van der Waals surface area (Å²) in [6.07, 6.45) is 10.9. The van der Waals surface area contributed by atoms with Crippen LogP contribution in [-0.2, 0) is 63.2 Å². The summed E-state index contributed by atoms with van der Waals surface area (Å²) in [6.45, 7) is -9.96. The third-order valence-electron chi connectivity index (χ3n) is 23.3. The second-order valence-corrected chi connectivity index (χ2v) is 31.8. The van der Waals surface area contributed by atoms with Crippen molar-refractivity contribution in [1.82, 2.24) is 28.7 Å². The fraction of sp³-hybridized carbons (Fsp3) is 0.158. The summed E-state index contributed by atoms with van der Waals surface area (Å²) in [7, 11) is 0. The number of hydrogen-bond donors (Lipinski definition) is 3. The summed E-state index contributed by atoms with van der Waals surface area (Å²) in [5, 5.41) is 37.1. The van der Waals surface area contributed by atoms with Crippen molar-refractivity contribution < 1.29 is 124 Å². The van der Waals surface area contributed by atoms with Crippen molar-refractivity contribution in [2.24, 2.45) is 0 Å². The van der Waals surface area contributed by atoms with Crippen LogP contribution in [0.4, 0.5) is 34.1 Å². The van der Waals surface area contributed by atoms with E-state index in [-0.39, 0.29) is 148 Å². The predicted octanol–water partition coefficient (Wildman–Crippen LogP) is 28.9. The molecule has 8 heterocycles. The zero-order valence-corrected chi connectivity index (χ0v) is 79.0. The maximum absolute atomic E-state index is 11.2. The van der Waals surface area contributed by atoms with Gasteiger partial charge in [-0.05, 0) is 191 Å². The Morgan fingerprint density at radius 2 is 0.754 bits per heavy atom. The molecule has 5 aromatic heterocycles. The fourth-order valence-corrected chi connectivity index (χ4v) is 17.3. The first-order valence-corrected chi connectivity index (χ1v) is 42.0. The minimum absolute atomic E-state index is 0. The largest absolute Gasteiger partial charge is 2.00 e. The number of hydrogen-bond acceptors (Lipinski definition) is 14. The number of phenols is 3. The van der Waals surface area contributed by atoms with Crippen LogP contribution in [0, 0.1) is 38.2 Å². The first-order valence-electron chi connectivity index (χ1n) is 55.5. The molecule has 3 N–H and O–H groups in total. The van der Waals surface area contributed by atoms with Crippen LogP contribution in [0.5, 0.6) is 17.2 Å². The summed E-state index contributed by atoms with van der Waals surface area (Å²) in [5.41, 5.74) is 8.57. The van der Waals surface area contributed by atoms with Crippen molar-refractivity contribution in [3.63, 3.8) is 0 Å². The first-order chi connectivity index (χ1) is 74.3. The predicted molar refractivity (Wildman–Crippen MR) is 535 cm³/mol. The Balaban J connectivity index is 0.000000161. The number of imidazole rings is 3. The van der Waals surface area contributed by atoms with Gasteiger partial charge in [0, 0.05) is 75.8 Å². The Morgan fingerprint density at radius 1 is 0.328 bits per heavy atom. The molecule has 3 atom stereocenters. The van der Waals surface area contributed by atoms with E-state index in [1.165, 1.54) is 52.5 Å². The number of furan rings is 2. The number of anilines is 6. The molecule has 0 amide bonds. The van der Waals surface area contributed by atoms with Crippen molar-refractivity contribution >= 4 is 111 Å². The summed E-state index contributed by atoms with van der Waals surface area (Å²) in [6, 6.07) is 88.5. The molecule has 3 unspecified atom stereocenters. The Kier molecular flexibility index (Phi) is 18.6. The summed E-state index contributed by atoms with van der Waals surface area (Å²) in [5.74, 6) is -14.6. The van der Waals surface area contributed by atoms with E-state index in [2.05, 4.69) is 18.2 Å². The molecule has 14 aromatic carbocycles. The van der Waals surface area contributed by atoms with Gasteiger partial charge in [0.05, 0.1) is 56.1 Å². The smallest absolute Gasteiger partial charge is 0.514 e. The van der Waals surface area contributed by atoms with Gasteiger partial charge in [-0.15, -0.1) is 55.5 Å². The van der Waals surface area contributed by atoms with Crippen LogP contribution in [-0.4, -0.2) is 44.0 Å². The molecular weight excluding hydrogens is 2200 g/mol. The maximum Gasteiger partial charge on any atom is 2.00 e. The van der Waals surface area contributed by atoms with Gasteiger partial charge >= 0.3 is 63.2 Å². The number of benzene rings is 14. The van der Waals surface area contributed by atoms with Gasteiger partial charge in [-0.2, -0.15) is 48.5 Å². The van der Waals surface area contributed by atoms with Gasteiger partial charge in [-0.25, -0.2) is 9.97 Å². The van der Waals surface area contributed by atoms with Crippen LogP contribution in [0.2, 0.25) is 0 Å². The molecule has 0 aliphatic carbocycles. The number of rotatable bonds is 18. The minimum atomic E-state index is -3.47. The Labute approximate surface area is 862 Å². The van der Waals surface area contributed by atoms with E-state index in [4.69, 9.17) is 56.7 Å². The van der Waals surface area contributed by atoms with Crippen molar-refractivity contribution in [3.8, 4) is 68.5 Å². The number of aromatic hydroxyl groups is 3. The molecule has 3 aliphatic heterocycles. The molecule has 22 rings (SSSR count). The zero-order chi connectivity index (χ0) is 113. The van der Waals surface area contributed by atoms with Gasteiger partial charge in [0.1, 0.15) is 51.1 Å². The van der Waals surface area contributed by atoms with Crippen LogP contribution >= 0.6 is 0 Å². The van der Waals surface area contributed by atoms with Crippen LogP contribution < -0.4 is 29.4 Å². The molecular formula is C114H100N12O5Pt3. The van der Waals surface area contributed by atoms with Crippen molar-refractivity contribution in [3.05, 3.63) is 388 Å². The summed E-state index contributed by atoms with van der Waals surface area (Å²) in [4.78, 5) is 25.8. The molecule has 0 fully saturated rings. The summed E-state index contributed by atoms with van der Waals surface area (Å²) < 4.78 is 248. The van der Waals surface area contributed by atoms with Crippen LogP contribution in [0.3, 0.4) is 0 Å². The van der Waals surface area contributed by atoms with E-state index in [0.717, 1.165) is 64.4 Å². The number of nitrogens with zero attached hydrogens (tertiary/aromatic N) is 12. The topological polar surface area (TPSA) is 160 Å². The normalized spacial score (nSPS) is 18.3. The van der Waals surface area contributed by atoms with Crippen molar-refractivity contribution in [2.45, 2.75) is 118 Å². The van der Waals surface area contributed by atoms with E-state index < -0.39 is 94.5 Å². The van der Waals surface area contributed by atoms with Crippen LogP contribution in [0.25, 0.3) is 128 Å². The molecule has 20 heteroatoms. The Bertz CT molecular complexity index is 8920. The van der Waals surface area contributed by atoms with E-state index in [1.807, 2.05) is 178 Å². The van der Waals surface area contributed by atoms with Gasteiger partial charge in [0.25, 0.3) is 0 Å². The number of aromatic nitrogens is 6. The molecule has 0 saturated heterocycles. The Hall–Kier alpha value is -13.4. The molecule has 19 aromatic rings. The van der Waals surface area contributed by atoms with E-state index in [0.29, 0.717) is 78.8 Å². The molecule has 0 bridgehead atoms. The molecule has 0 spiro atoms. The number of fused-ring (bicyclic) bond motifs is 9. The van der Waals surface area contributed by atoms with Gasteiger partial charge in [0.15, 0.2) is 5.58 Å². The molecule has 0 saturated carbocycles. The second-order valence-electron chi connectivity index (χ2n) is 31.8. The quantitative estimate of drug-likeness (QED) is 0.0697. The standard InChI is InChI=1S/2C40H34N4O2.C34H32N4O.3Pt/c1-25(2)29-14-10-15-30(26(3)4)37(29)44-34-17-7-6-16-33(34)41-40(44)27-11-9-12-28(23-27)42-21-22-43(24-42)38-35(45)20-19-32-31-13-5-8-18-36(31)46-39(32)38;1-25(2)27-14-9-15-28(26(3)4)38(27)44-33-18-11-17-32(37(33)41-40(44)31-13-5-7-20-35(31)45)42-22-23-43(24-42)34-19-10-16-30-29-12-6-8-21-36(29)46-39(30)34;1-23(2)26-15-10-16-27(24(3)4)33(26)38-30-18-11-17-29(32(30)35-34(38)28-14-8-9-19-31(28)39)37-21-20-36(22-37)25-12-6-5-7-13-25;;;/h5-22,24-26,45H,1-4H3;5-18,20-26,45H,1-4H3;5-12,14-24,39H,1-4H3;;;/q3*-2;3*+2/i1D3,25D,26D;1D3,2D3,3D3,25D,26D;1D3,2D3,3D3,23D,24D;;;. The first kappa shape index (κ1) is 64.4. The molecule has 134 heavy (non-hydrogen) atoms. The maximum atomic E-state index is 11.2. The average molecular weight is 2330 g/mol. The Morgan fingerprint density at radius 3 is 1.30 bits per heavy atom. The number of para-hydroxylation sites is 12. The SMILES string of the molecule is [2H]C(C)(C)c1cccc(C([2H])(C)C([2H])([2H])[2H])c1-n1c(-c2[c-]c(N3C=CN(c4c(O)ccc5c4oc4ccccc45)[CH-]3)ccc2)nc2ccccc21.[2H]C([2H])([2H])C([2H])(C)c1cccc(C([2H])(C([2H])([2H])[2H])C([2H])([2H])[2H])c1-n1c(-c2ccccc2O)nc2c(N3C=CN(c4[c-]ccc5c4oc4ccccc45)[CH-]3)cccc21.[2H]C([2H])([2H])C([2H])(C)c1cccc(C([2H])(C([2H])([2H])[2H])C([2H])([2H])[2H])c1-n1c(-c2ccccc2O)nc2c(N3C=CN(c4[c-]cccc4)[CH-]3)cccc21.[Pt+2].[Pt+2].[Pt+2]. The zero-order valence-electron chi connectivity index (χ0n) is 99.2. The monoisotopic (exact) mass is 2330 g/mol. The minimum Gasteiger partial charge on any atom is -0.514 e. The summed E-state index contributed by atoms with van der Waals surface area (Å²) >= 11 is 0. The van der Waals surface area contributed by atoms with Crippen molar-refractivity contribution in [2.75, 3.05) is 29.4 Å². The third-order valence-corrected chi connectivity index (χ3v) is 23.3. The molecule has 676 valence electrons. The van der Waals surface area contributed by atoms with Gasteiger partial charge in [0.2, 0.25) is 0 Å². The fourth-order valence-electron chi connectivity index (χ4n) is 17.3.